The lowest BCUT2D eigenvalue weighted by Gasteiger charge is -2.26. The second-order valence-electron chi connectivity index (χ2n) is 6.69. The number of aliphatic carboxylic acids is 1. The number of nitro benzene ring substituents is 1. The lowest BCUT2D eigenvalue weighted by Crippen LogP contribution is -2.43. The average Bonchev–Trinajstić information content (AvgIpc) is 2.90. The van der Waals surface area contributed by atoms with E-state index in [1.165, 1.54) is 18.2 Å². The van der Waals surface area contributed by atoms with Crippen LogP contribution < -0.4 is 4.74 Å². The quantitative estimate of drug-likeness (QED) is 0.653. The molecule has 0 aromatic heterocycles. The molecule has 1 fully saturated rings. The fraction of sp³-hybridized carbons (Fsp3) is 0.500. The molecule has 0 radical (unpaired) electrons. The van der Waals surface area contributed by atoms with E-state index in [4.69, 9.17) is 9.47 Å². The molecule has 0 aliphatic carbocycles. The molecule has 1 aromatic rings. The zero-order valence-electron chi connectivity index (χ0n) is 14.2. The van der Waals surface area contributed by atoms with Crippen LogP contribution >= 0.6 is 0 Å². The molecule has 25 heavy (non-hydrogen) atoms. The van der Waals surface area contributed by atoms with E-state index in [1.54, 1.807) is 26.8 Å². The Morgan fingerprint density at radius 3 is 2.52 bits per heavy atom. The molecule has 0 bridgehead atoms. The van der Waals surface area contributed by atoms with Gasteiger partial charge in [-0.3, -0.25) is 15.0 Å². The summed E-state index contributed by atoms with van der Waals surface area (Å²) >= 11 is 0. The Hall–Kier alpha value is -2.84. The normalized spacial score (nSPS) is 20.2. The smallest absolute Gasteiger partial charge is 0.411 e. The number of carbonyl (C=O) groups excluding carboxylic acids is 1. The molecule has 1 aliphatic rings. The second-order valence-corrected chi connectivity index (χ2v) is 6.69. The SMILES string of the molecule is CC(C)(C)OC(=O)N1C[C@H](Oc2ccccc2[N+](=O)[O-])C[C@@H]1C(=O)O. The minimum Gasteiger partial charge on any atom is -0.482 e. The predicted molar refractivity (Wildman–Crippen MR) is 86.5 cm³/mol. The Kier molecular flexibility index (Phi) is 5.15. The topological polar surface area (TPSA) is 119 Å². The minimum atomic E-state index is -1.18. The molecule has 136 valence electrons. The van der Waals surface area contributed by atoms with Gasteiger partial charge in [0, 0.05) is 12.5 Å². The maximum atomic E-state index is 12.2. The van der Waals surface area contributed by atoms with Crippen molar-refractivity contribution >= 4 is 17.7 Å². The van der Waals surface area contributed by atoms with Gasteiger partial charge in [0.2, 0.25) is 0 Å². The van der Waals surface area contributed by atoms with Crippen LogP contribution in [0.25, 0.3) is 0 Å². The summed E-state index contributed by atoms with van der Waals surface area (Å²) in [6, 6.07) is 4.71. The molecule has 0 saturated carbocycles. The van der Waals surface area contributed by atoms with Crippen molar-refractivity contribution in [3.05, 3.63) is 34.4 Å². The van der Waals surface area contributed by atoms with Crippen LogP contribution in [0.5, 0.6) is 5.75 Å². The van der Waals surface area contributed by atoms with Gasteiger partial charge in [-0.2, -0.15) is 0 Å². The summed E-state index contributed by atoms with van der Waals surface area (Å²) in [5.41, 5.74) is -0.984. The molecule has 1 heterocycles. The van der Waals surface area contributed by atoms with E-state index in [1.807, 2.05) is 0 Å². The Labute approximate surface area is 144 Å². The second kappa shape index (κ2) is 6.96. The van der Waals surface area contributed by atoms with Crippen molar-refractivity contribution < 1.29 is 29.1 Å². The molecular formula is C16H20N2O7. The summed E-state index contributed by atoms with van der Waals surface area (Å²) in [5, 5.41) is 20.4. The summed E-state index contributed by atoms with van der Waals surface area (Å²) in [6.45, 7) is 5.01. The van der Waals surface area contributed by atoms with Crippen molar-refractivity contribution in [1.29, 1.82) is 0 Å². The van der Waals surface area contributed by atoms with E-state index >= 15 is 0 Å². The fourth-order valence-corrected chi connectivity index (χ4v) is 2.53. The van der Waals surface area contributed by atoms with E-state index < -0.39 is 34.7 Å². The fourth-order valence-electron chi connectivity index (χ4n) is 2.53. The van der Waals surface area contributed by atoms with E-state index in [2.05, 4.69) is 0 Å². The first-order valence-corrected chi connectivity index (χ1v) is 7.71. The maximum absolute atomic E-state index is 12.2. The van der Waals surface area contributed by atoms with Crippen molar-refractivity contribution in [3.63, 3.8) is 0 Å². The molecule has 2 atom stereocenters. The number of hydrogen-bond acceptors (Lipinski definition) is 6. The van der Waals surface area contributed by atoms with Gasteiger partial charge in [0.1, 0.15) is 17.7 Å². The molecule has 9 nitrogen and oxygen atoms in total. The number of benzene rings is 1. The number of para-hydroxylation sites is 2. The first-order valence-electron chi connectivity index (χ1n) is 7.71. The largest absolute Gasteiger partial charge is 0.482 e. The zero-order chi connectivity index (χ0) is 18.8. The van der Waals surface area contributed by atoms with Crippen molar-refractivity contribution in [2.45, 2.75) is 44.9 Å². The molecule has 9 heteroatoms. The number of likely N-dealkylation sites (tertiary alicyclic amines) is 1. The number of carboxylic acid groups (broad SMARTS) is 1. The summed E-state index contributed by atoms with van der Waals surface area (Å²) in [4.78, 5) is 35.2. The summed E-state index contributed by atoms with van der Waals surface area (Å²) in [5.74, 6) is -1.15. The van der Waals surface area contributed by atoms with Crippen LogP contribution in [0.3, 0.4) is 0 Å². The summed E-state index contributed by atoms with van der Waals surface area (Å²) in [7, 11) is 0. The van der Waals surface area contributed by atoms with Gasteiger partial charge in [-0.15, -0.1) is 0 Å². The lowest BCUT2D eigenvalue weighted by atomic mass is 10.2. The standard InChI is InChI=1S/C16H20N2O7/c1-16(2,3)25-15(21)17-9-10(8-12(17)14(19)20)24-13-7-5-4-6-11(13)18(22)23/h4-7,10,12H,8-9H2,1-3H3,(H,19,20)/t10-,12-/m1/s1. The van der Waals surface area contributed by atoms with Gasteiger partial charge >= 0.3 is 17.7 Å². The van der Waals surface area contributed by atoms with Crippen molar-refractivity contribution in [1.82, 2.24) is 4.90 Å². The van der Waals surface area contributed by atoms with Gasteiger partial charge in [0.25, 0.3) is 0 Å². The van der Waals surface area contributed by atoms with Crippen LogP contribution in [0.2, 0.25) is 0 Å². The molecule has 0 spiro atoms. The number of ether oxygens (including phenoxy) is 2. The predicted octanol–water partition coefficient (Wildman–Crippen LogP) is 2.44. The van der Waals surface area contributed by atoms with E-state index in [0.717, 1.165) is 4.90 Å². The van der Waals surface area contributed by atoms with E-state index in [9.17, 15) is 24.8 Å². The van der Waals surface area contributed by atoms with E-state index in [-0.39, 0.29) is 24.4 Å². The highest BCUT2D eigenvalue weighted by atomic mass is 16.6. The summed E-state index contributed by atoms with van der Waals surface area (Å²) < 4.78 is 10.8. The molecule has 1 amide bonds. The van der Waals surface area contributed by atoms with Crippen LogP contribution in [-0.2, 0) is 9.53 Å². The van der Waals surface area contributed by atoms with Crippen LogP contribution in [0.4, 0.5) is 10.5 Å². The number of rotatable bonds is 4. The molecule has 1 saturated heterocycles. The zero-order valence-corrected chi connectivity index (χ0v) is 14.2. The molecule has 2 rings (SSSR count). The highest BCUT2D eigenvalue weighted by Crippen LogP contribution is 2.30. The van der Waals surface area contributed by atoms with Crippen LogP contribution in [-0.4, -0.2) is 51.3 Å². The van der Waals surface area contributed by atoms with E-state index in [0.29, 0.717) is 0 Å². The number of carboxylic acids is 1. The van der Waals surface area contributed by atoms with Crippen molar-refractivity contribution in [2.24, 2.45) is 0 Å². The first-order chi connectivity index (χ1) is 11.6. The molecule has 1 aliphatic heterocycles. The van der Waals surface area contributed by atoms with Gasteiger partial charge < -0.3 is 14.6 Å². The van der Waals surface area contributed by atoms with Gasteiger partial charge in [-0.1, -0.05) is 12.1 Å². The molecule has 1 N–H and O–H groups in total. The van der Waals surface area contributed by atoms with Crippen LogP contribution in [0.15, 0.2) is 24.3 Å². The summed E-state index contributed by atoms with van der Waals surface area (Å²) in [6.07, 6.45) is -1.43. The maximum Gasteiger partial charge on any atom is 0.411 e. The molecule has 0 unspecified atom stereocenters. The Balaban J connectivity index is 2.16. The minimum absolute atomic E-state index is 0.0145. The van der Waals surface area contributed by atoms with Gasteiger partial charge in [0.05, 0.1) is 11.5 Å². The number of nitrogens with zero attached hydrogens (tertiary/aromatic N) is 2. The number of amides is 1. The van der Waals surface area contributed by atoms with Gasteiger partial charge in [0.15, 0.2) is 5.75 Å². The molecule has 1 aromatic carbocycles. The third-order valence-electron chi connectivity index (χ3n) is 3.53. The van der Waals surface area contributed by atoms with Crippen LogP contribution in [0, 0.1) is 10.1 Å². The average molecular weight is 352 g/mol. The number of hydrogen-bond donors (Lipinski definition) is 1. The van der Waals surface area contributed by atoms with Crippen molar-refractivity contribution in [2.75, 3.05) is 6.54 Å². The number of nitro groups is 1. The van der Waals surface area contributed by atoms with Crippen LogP contribution in [0.1, 0.15) is 27.2 Å². The Morgan fingerprint density at radius 1 is 1.32 bits per heavy atom. The highest BCUT2D eigenvalue weighted by molar-refractivity contribution is 5.81. The van der Waals surface area contributed by atoms with Crippen molar-refractivity contribution in [3.8, 4) is 5.75 Å². The van der Waals surface area contributed by atoms with Gasteiger partial charge in [-0.05, 0) is 26.8 Å². The molecular weight excluding hydrogens is 332 g/mol. The van der Waals surface area contributed by atoms with Gasteiger partial charge in [-0.25, -0.2) is 9.59 Å². The first kappa shape index (κ1) is 18.5. The third kappa shape index (κ3) is 4.59. The Morgan fingerprint density at radius 2 is 1.96 bits per heavy atom. The third-order valence-corrected chi connectivity index (χ3v) is 3.53. The Bertz CT molecular complexity index is 683. The lowest BCUT2D eigenvalue weighted by molar-refractivity contribution is -0.386. The monoisotopic (exact) mass is 352 g/mol. The number of carbonyl (C=O) groups is 2. The highest BCUT2D eigenvalue weighted by Gasteiger charge is 2.43.